The minimum atomic E-state index is -2.09. The number of carboxylic acid groups (broad SMARTS) is 1. The molecule has 0 fully saturated rings. The maximum absolute atomic E-state index is 11.6. The molecule has 5 nitrogen and oxygen atoms in total. The highest BCUT2D eigenvalue weighted by molar-refractivity contribution is 6.74. The first-order chi connectivity index (χ1) is 12.4. The standard InChI is InChI=1S/C21H36O5Si/c1-15(13-25-14-17-9-11-18(24-6)12-10-17)19(16(2)20(22)23)26-27(7,8)21(3,4)5/h9-12,15-16,19H,13-14H2,1-8H3,(H,22,23)/t15-,16?,19-/m0/s1. The second-order valence-electron chi connectivity index (χ2n) is 8.81. The van der Waals surface area contributed by atoms with Gasteiger partial charge in [0.1, 0.15) is 5.75 Å². The Bertz CT molecular complexity index is 592. The van der Waals surface area contributed by atoms with Gasteiger partial charge in [0.05, 0.1) is 32.3 Å². The molecular weight excluding hydrogens is 360 g/mol. The molecule has 3 atom stereocenters. The van der Waals surface area contributed by atoms with E-state index in [2.05, 4.69) is 33.9 Å². The van der Waals surface area contributed by atoms with E-state index in [1.807, 2.05) is 31.2 Å². The molecular formula is C21H36O5Si. The minimum Gasteiger partial charge on any atom is -0.497 e. The molecule has 0 heterocycles. The smallest absolute Gasteiger partial charge is 0.308 e. The monoisotopic (exact) mass is 396 g/mol. The fourth-order valence-electron chi connectivity index (χ4n) is 2.55. The summed E-state index contributed by atoms with van der Waals surface area (Å²) in [6, 6.07) is 7.73. The molecule has 0 aliphatic carbocycles. The van der Waals surface area contributed by atoms with Gasteiger partial charge in [-0.15, -0.1) is 0 Å². The van der Waals surface area contributed by atoms with Crippen molar-refractivity contribution in [1.82, 2.24) is 0 Å². The van der Waals surface area contributed by atoms with Crippen LogP contribution in [0, 0.1) is 11.8 Å². The Morgan fingerprint density at radius 1 is 1.15 bits per heavy atom. The normalized spacial score (nSPS) is 15.9. The summed E-state index contributed by atoms with van der Waals surface area (Å²) in [5, 5.41) is 9.56. The van der Waals surface area contributed by atoms with Gasteiger partial charge in [0, 0.05) is 5.92 Å². The molecule has 0 bridgehead atoms. The van der Waals surface area contributed by atoms with Gasteiger partial charge >= 0.3 is 5.97 Å². The second-order valence-corrected chi connectivity index (χ2v) is 13.6. The van der Waals surface area contributed by atoms with Gasteiger partial charge in [0.2, 0.25) is 0 Å². The molecule has 6 heteroatoms. The summed E-state index contributed by atoms with van der Waals surface area (Å²) < 4.78 is 17.5. The zero-order valence-electron chi connectivity index (χ0n) is 18.0. The van der Waals surface area contributed by atoms with Crippen LogP contribution in [-0.4, -0.2) is 39.2 Å². The molecule has 0 aliphatic rings. The topological polar surface area (TPSA) is 65.0 Å². The number of methoxy groups -OCH3 is 1. The first-order valence-corrected chi connectivity index (χ1v) is 12.4. The van der Waals surface area contributed by atoms with Gasteiger partial charge in [-0.2, -0.15) is 0 Å². The summed E-state index contributed by atoms with van der Waals surface area (Å²) >= 11 is 0. The van der Waals surface area contributed by atoms with Gasteiger partial charge in [0.25, 0.3) is 0 Å². The van der Waals surface area contributed by atoms with Crippen LogP contribution in [0.5, 0.6) is 5.75 Å². The Morgan fingerprint density at radius 3 is 2.15 bits per heavy atom. The van der Waals surface area contributed by atoms with Crippen molar-refractivity contribution in [3.63, 3.8) is 0 Å². The van der Waals surface area contributed by atoms with Crippen molar-refractivity contribution in [3.05, 3.63) is 29.8 Å². The number of carboxylic acids is 1. The Labute approximate surface area is 165 Å². The van der Waals surface area contributed by atoms with Gasteiger partial charge in [-0.25, -0.2) is 0 Å². The zero-order chi connectivity index (χ0) is 20.8. The summed E-state index contributed by atoms with van der Waals surface area (Å²) in [6.45, 7) is 15.4. The van der Waals surface area contributed by atoms with Crippen molar-refractivity contribution >= 4 is 14.3 Å². The highest BCUT2D eigenvalue weighted by atomic mass is 28.4. The van der Waals surface area contributed by atoms with Crippen LogP contribution >= 0.6 is 0 Å². The highest BCUT2D eigenvalue weighted by Gasteiger charge is 2.42. The molecule has 1 aromatic carbocycles. The summed E-state index contributed by atoms with van der Waals surface area (Å²) in [6.07, 6.45) is -0.376. The van der Waals surface area contributed by atoms with Gasteiger partial charge in [0.15, 0.2) is 8.32 Å². The second kappa shape index (κ2) is 9.71. The minimum absolute atomic E-state index is 0.0210. The molecule has 1 N–H and O–H groups in total. The third-order valence-electron chi connectivity index (χ3n) is 5.49. The SMILES string of the molecule is COc1ccc(COC[C@H](C)[C@H](O[Si](C)(C)C(C)(C)C)C(C)C(=O)O)cc1. The number of aliphatic carboxylic acids is 1. The van der Waals surface area contributed by atoms with Crippen molar-refractivity contribution in [2.75, 3.05) is 13.7 Å². The average Bonchev–Trinajstić information content (AvgIpc) is 2.58. The van der Waals surface area contributed by atoms with E-state index in [1.165, 1.54) is 0 Å². The van der Waals surface area contributed by atoms with Gasteiger partial charge in [-0.3, -0.25) is 4.79 Å². The largest absolute Gasteiger partial charge is 0.497 e. The van der Waals surface area contributed by atoms with E-state index < -0.39 is 20.2 Å². The predicted octanol–water partition coefficient (Wildman–Crippen LogP) is 4.96. The number of benzene rings is 1. The predicted molar refractivity (Wildman–Crippen MR) is 111 cm³/mol. The van der Waals surface area contributed by atoms with E-state index in [0.717, 1.165) is 11.3 Å². The first kappa shape index (κ1) is 23.7. The molecule has 1 rings (SSSR count). The molecule has 0 aliphatic heterocycles. The molecule has 1 aromatic rings. The van der Waals surface area contributed by atoms with Crippen molar-refractivity contribution in [1.29, 1.82) is 0 Å². The van der Waals surface area contributed by atoms with Gasteiger partial charge in [-0.1, -0.05) is 39.8 Å². The third kappa shape index (κ3) is 6.94. The number of hydrogen-bond donors (Lipinski definition) is 1. The number of hydrogen-bond acceptors (Lipinski definition) is 4. The average molecular weight is 397 g/mol. The van der Waals surface area contributed by atoms with Crippen LogP contribution < -0.4 is 4.74 Å². The quantitative estimate of drug-likeness (QED) is 0.566. The van der Waals surface area contributed by atoms with Crippen LogP contribution in [0.15, 0.2) is 24.3 Å². The van der Waals surface area contributed by atoms with Crippen LogP contribution in [0.1, 0.15) is 40.2 Å². The summed E-state index contributed by atoms with van der Waals surface area (Å²) in [4.78, 5) is 11.6. The van der Waals surface area contributed by atoms with Crippen LogP contribution in [0.25, 0.3) is 0 Å². The van der Waals surface area contributed by atoms with Crippen LogP contribution in [0.4, 0.5) is 0 Å². The Morgan fingerprint density at radius 2 is 1.70 bits per heavy atom. The fourth-order valence-corrected chi connectivity index (χ4v) is 4.02. The van der Waals surface area contributed by atoms with E-state index in [4.69, 9.17) is 13.9 Å². The lowest BCUT2D eigenvalue weighted by molar-refractivity contribution is -0.146. The molecule has 154 valence electrons. The number of ether oxygens (including phenoxy) is 2. The summed E-state index contributed by atoms with van der Waals surface area (Å²) in [5.74, 6) is -0.631. The molecule has 0 radical (unpaired) electrons. The van der Waals surface area contributed by atoms with E-state index >= 15 is 0 Å². The molecule has 0 saturated carbocycles. The van der Waals surface area contributed by atoms with Gasteiger partial charge < -0.3 is 19.0 Å². The van der Waals surface area contributed by atoms with Gasteiger partial charge in [-0.05, 0) is 42.8 Å². The summed E-state index contributed by atoms with van der Waals surface area (Å²) in [5.41, 5.74) is 1.05. The van der Waals surface area contributed by atoms with Crippen molar-refractivity contribution in [3.8, 4) is 5.75 Å². The van der Waals surface area contributed by atoms with Crippen molar-refractivity contribution in [2.24, 2.45) is 11.8 Å². The van der Waals surface area contributed by atoms with E-state index in [9.17, 15) is 9.90 Å². The van der Waals surface area contributed by atoms with Crippen molar-refractivity contribution in [2.45, 2.75) is 65.5 Å². The van der Waals surface area contributed by atoms with E-state index in [0.29, 0.717) is 13.2 Å². The maximum atomic E-state index is 11.6. The van der Waals surface area contributed by atoms with Crippen LogP contribution in [-0.2, 0) is 20.6 Å². The lowest BCUT2D eigenvalue weighted by Crippen LogP contribution is -2.49. The Hall–Kier alpha value is -1.37. The zero-order valence-corrected chi connectivity index (χ0v) is 19.0. The molecule has 27 heavy (non-hydrogen) atoms. The Balaban J connectivity index is 2.75. The third-order valence-corrected chi connectivity index (χ3v) is 9.96. The molecule has 1 unspecified atom stereocenters. The Kier molecular flexibility index (Phi) is 8.51. The lowest BCUT2D eigenvalue weighted by atomic mass is 9.94. The van der Waals surface area contributed by atoms with E-state index in [-0.39, 0.29) is 17.1 Å². The molecule has 0 aromatic heterocycles. The van der Waals surface area contributed by atoms with Crippen LogP contribution in [0.3, 0.4) is 0 Å². The van der Waals surface area contributed by atoms with E-state index in [1.54, 1.807) is 14.0 Å². The molecule has 0 amide bonds. The molecule has 0 spiro atoms. The maximum Gasteiger partial charge on any atom is 0.308 e. The fraction of sp³-hybridized carbons (Fsp3) is 0.667. The first-order valence-electron chi connectivity index (χ1n) is 9.50. The number of rotatable bonds is 10. The molecule has 0 saturated heterocycles. The highest BCUT2D eigenvalue weighted by Crippen LogP contribution is 2.39. The van der Waals surface area contributed by atoms with Crippen LogP contribution in [0.2, 0.25) is 18.1 Å². The number of carbonyl (C=O) groups is 1. The summed E-state index contributed by atoms with van der Waals surface area (Å²) in [7, 11) is -0.448. The lowest BCUT2D eigenvalue weighted by Gasteiger charge is -2.42. The van der Waals surface area contributed by atoms with Crippen molar-refractivity contribution < 1.29 is 23.8 Å².